The standard InChI is InChI=1S/C10H13F3N2O2/c1-4(16)6(5(2)17-3)7-8(11)15-10(13)9(12)14-7/h4-6,16H,1-3H3. The van der Waals surface area contributed by atoms with Crippen LogP contribution in [0.4, 0.5) is 13.2 Å². The molecule has 0 aliphatic rings. The van der Waals surface area contributed by atoms with Gasteiger partial charge in [0.05, 0.1) is 18.1 Å². The number of aliphatic hydroxyl groups excluding tert-OH is 1. The summed E-state index contributed by atoms with van der Waals surface area (Å²) in [4.78, 5) is 5.90. The number of rotatable bonds is 4. The average molecular weight is 250 g/mol. The van der Waals surface area contributed by atoms with Crippen LogP contribution < -0.4 is 0 Å². The van der Waals surface area contributed by atoms with Gasteiger partial charge in [-0.3, -0.25) is 0 Å². The Morgan fingerprint density at radius 1 is 1.06 bits per heavy atom. The van der Waals surface area contributed by atoms with Gasteiger partial charge in [-0.15, -0.1) is 0 Å². The van der Waals surface area contributed by atoms with E-state index in [0.29, 0.717) is 0 Å². The molecule has 1 rings (SSSR count). The number of halogens is 3. The molecule has 17 heavy (non-hydrogen) atoms. The second-order valence-electron chi connectivity index (χ2n) is 3.69. The van der Waals surface area contributed by atoms with E-state index in [1.165, 1.54) is 14.0 Å². The van der Waals surface area contributed by atoms with Crippen molar-refractivity contribution < 1.29 is 23.0 Å². The van der Waals surface area contributed by atoms with E-state index in [-0.39, 0.29) is 0 Å². The van der Waals surface area contributed by atoms with Gasteiger partial charge >= 0.3 is 0 Å². The molecule has 0 spiro atoms. The van der Waals surface area contributed by atoms with Crippen LogP contribution in [0.1, 0.15) is 25.5 Å². The van der Waals surface area contributed by atoms with Gasteiger partial charge in [-0.05, 0) is 13.8 Å². The Bertz CT molecular complexity index is 401. The predicted molar refractivity (Wildman–Crippen MR) is 52.8 cm³/mol. The fourth-order valence-electron chi connectivity index (χ4n) is 1.59. The zero-order chi connectivity index (χ0) is 13.2. The number of hydrogen-bond donors (Lipinski definition) is 1. The van der Waals surface area contributed by atoms with Crippen LogP contribution in [0.3, 0.4) is 0 Å². The largest absolute Gasteiger partial charge is 0.393 e. The van der Waals surface area contributed by atoms with E-state index in [2.05, 4.69) is 9.97 Å². The highest BCUT2D eigenvalue weighted by atomic mass is 19.2. The molecule has 0 aliphatic heterocycles. The second kappa shape index (κ2) is 5.42. The van der Waals surface area contributed by atoms with E-state index in [1.54, 1.807) is 6.92 Å². The van der Waals surface area contributed by atoms with Crippen LogP contribution in [0, 0.1) is 17.8 Å². The lowest BCUT2D eigenvalue weighted by Gasteiger charge is -2.24. The molecular formula is C10H13F3N2O2. The molecule has 1 N–H and O–H groups in total. The van der Waals surface area contributed by atoms with E-state index in [1.807, 2.05) is 0 Å². The van der Waals surface area contributed by atoms with E-state index in [4.69, 9.17) is 4.74 Å². The van der Waals surface area contributed by atoms with Crippen molar-refractivity contribution in [1.29, 1.82) is 0 Å². The fraction of sp³-hybridized carbons (Fsp3) is 0.600. The van der Waals surface area contributed by atoms with E-state index >= 15 is 0 Å². The first-order valence-electron chi connectivity index (χ1n) is 4.97. The first-order chi connectivity index (χ1) is 7.88. The third-order valence-electron chi connectivity index (χ3n) is 2.51. The highest BCUT2D eigenvalue weighted by Crippen LogP contribution is 2.25. The summed E-state index contributed by atoms with van der Waals surface area (Å²) >= 11 is 0. The first-order valence-corrected chi connectivity index (χ1v) is 4.97. The smallest absolute Gasteiger partial charge is 0.271 e. The molecule has 1 heterocycles. The summed E-state index contributed by atoms with van der Waals surface area (Å²) in [5.41, 5.74) is -0.451. The Labute approximate surface area is 96.5 Å². The van der Waals surface area contributed by atoms with Crippen molar-refractivity contribution in [3.63, 3.8) is 0 Å². The van der Waals surface area contributed by atoms with E-state index in [0.717, 1.165) is 0 Å². The molecule has 0 aromatic carbocycles. The molecule has 0 bridgehead atoms. The lowest BCUT2D eigenvalue weighted by molar-refractivity contribution is 0.0353. The molecule has 7 heteroatoms. The molecule has 4 nitrogen and oxygen atoms in total. The number of ether oxygens (including phenoxy) is 1. The topological polar surface area (TPSA) is 55.2 Å². The van der Waals surface area contributed by atoms with Gasteiger partial charge in [0.1, 0.15) is 5.69 Å². The maximum Gasteiger partial charge on any atom is 0.271 e. The number of aliphatic hydroxyl groups is 1. The SMILES string of the molecule is COC(C)C(c1nc(F)c(F)nc1F)C(C)O. The monoisotopic (exact) mass is 250 g/mol. The first kappa shape index (κ1) is 13.9. The molecule has 0 fully saturated rings. The molecule has 3 unspecified atom stereocenters. The van der Waals surface area contributed by atoms with Crippen LogP contribution in [-0.4, -0.2) is 34.4 Å². The summed E-state index contributed by atoms with van der Waals surface area (Å²) < 4.78 is 43.9. The van der Waals surface area contributed by atoms with Crippen molar-refractivity contribution >= 4 is 0 Å². The van der Waals surface area contributed by atoms with Crippen molar-refractivity contribution in [3.05, 3.63) is 23.5 Å². The minimum absolute atomic E-state index is 0.451. The molecule has 0 aliphatic carbocycles. The van der Waals surface area contributed by atoms with Crippen molar-refractivity contribution in [3.8, 4) is 0 Å². The number of hydrogen-bond acceptors (Lipinski definition) is 4. The lowest BCUT2D eigenvalue weighted by Crippen LogP contribution is -2.29. The normalized spacial score (nSPS) is 16.6. The van der Waals surface area contributed by atoms with Crippen LogP contribution in [0.25, 0.3) is 0 Å². The number of nitrogens with zero attached hydrogens (tertiary/aromatic N) is 2. The Morgan fingerprint density at radius 3 is 2.06 bits per heavy atom. The average Bonchev–Trinajstić information content (AvgIpc) is 2.25. The summed E-state index contributed by atoms with van der Waals surface area (Å²) in [6.45, 7) is 2.93. The number of aromatic nitrogens is 2. The van der Waals surface area contributed by atoms with Gasteiger partial charge in [-0.1, -0.05) is 0 Å². The summed E-state index contributed by atoms with van der Waals surface area (Å²) in [5, 5.41) is 9.52. The van der Waals surface area contributed by atoms with E-state index in [9.17, 15) is 18.3 Å². The van der Waals surface area contributed by atoms with Gasteiger partial charge in [0.25, 0.3) is 11.9 Å². The van der Waals surface area contributed by atoms with Crippen molar-refractivity contribution in [1.82, 2.24) is 9.97 Å². The minimum atomic E-state index is -1.61. The highest BCUT2D eigenvalue weighted by molar-refractivity contribution is 5.11. The molecule has 3 atom stereocenters. The van der Waals surface area contributed by atoms with Gasteiger partial charge in [-0.2, -0.15) is 18.2 Å². The zero-order valence-electron chi connectivity index (χ0n) is 9.62. The summed E-state index contributed by atoms with van der Waals surface area (Å²) in [7, 11) is 1.35. The quantitative estimate of drug-likeness (QED) is 0.877. The highest BCUT2D eigenvalue weighted by Gasteiger charge is 2.30. The lowest BCUT2D eigenvalue weighted by atomic mass is 9.94. The Balaban J connectivity index is 3.23. The maximum absolute atomic E-state index is 13.4. The fourth-order valence-corrected chi connectivity index (χ4v) is 1.59. The molecule has 0 saturated heterocycles. The molecule has 0 radical (unpaired) electrons. The summed E-state index contributed by atoms with van der Waals surface area (Å²) in [6, 6.07) is 0. The predicted octanol–water partition coefficient (Wildman–Crippen LogP) is 1.39. The molecule has 1 aromatic heterocycles. The van der Waals surface area contributed by atoms with Gasteiger partial charge in [0, 0.05) is 7.11 Å². The number of methoxy groups -OCH3 is 1. The Morgan fingerprint density at radius 2 is 1.59 bits per heavy atom. The van der Waals surface area contributed by atoms with Crippen LogP contribution >= 0.6 is 0 Å². The van der Waals surface area contributed by atoms with Gasteiger partial charge < -0.3 is 9.84 Å². The van der Waals surface area contributed by atoms with Crippen molar-refractivity contribution in [2.45, 2.75) is 32.0 Å². The van der Waals surface area contributed by atoms with Crippen LogP contribution in [-0.2, 0) is 4.74 Å². The zero-order valence-corrected chi connectivity index (χ0v) is 9.62. The van der Waals surface area contributed by atoms with Crippen LogP contribution in [0.2, 0.25) is 0 Å². The second-order valence-corrected chi connectivity index (χ2v) is 3.69. The van der Waals surface area contributed by atoms with Crippen LogP contribution in [0.15, 0.2) is 0 Å². The molecule has 1 aromatic rings. The van der Waals surface area contributed by atoms with Gasteiger partial charge in [0.2, 0.25) is 5.95 Å². The van der Waals surface area contributed by atoms with Crippen molar-refractivity contribution in [2.75, 3.05) is 7.11 Å². The summed E-state index contributed by atoms with van der Waals surface area (Å²) in [6.07, 6.45) is -1.66. The Hall–Kier alpha value is -1.21. The summed E-state index contributed by atoms with van der Waals surface area (Å²) in [5.74, 6) is -5.29. The van der Waals surface area contributed by atoms with Gasteiger partial charge in [-0.25, -0.2) is 4.98 Å². The van der Waals surface area contributed by atoms with Gasteiger partial charge in [0.15, 0.2) is 0 Å². The molecule has 0 saturated carbocycles. The third kappa shape index (κ3) is 2.92. The maximum atomic E-state index is 13.4. The molecular weight excluding hydrogens is 237 g/mol. The van der Waals surface area contributed by atoms with Crippen LogP contribution in [0.5, 0.6) is 0 Å². The molecule has 96 valence electrons. The third-order valence-corrected chi connectivity index (χ3v) is 2.51. The van der Waals surface area contributed by atoms with E-state index < -0.39 is 41.7 Å². The molecule has 0 amide bonds. The van der Waals surface area contributed by atoms with Crippen molar-refractivity contribution in [2.24, 2.45) is 0 Å². The Kier molecular flexibility index (Phi) is 4.41. The minimum Gasteiger partial charge on any atom is -0.393 e.